The molecule has 0 saturated carbocycles. The highest BCUT2D eigenvalue weighted by Gasteiger charge is 2.46. The van der Waals surface area contributed by atoms with Crippen LogP contribution in [0.3, 0.4) is 0 Å². The second-order valence-corrected chi connectivity index (χ2v) is 8.37. The van der Waals surface area contributed by atoms with Gasteiger partial charge in [0, 0.05) is 0 Å². The zero-order chi connectivity index (χ0) is 20.9. The average molecular weight is 444 g/mol. The molecule has 1 fully saturated rings. The number of nitrogen functional groups attached to an aromatic ring is 1. The summed E-state index contributed by atoms with van der Waals surface area (Å²) in [7, 11) is -10.5. The third-order valence-corrected chi connectivity index (χ3v) is 5.69. The molecule has 156 valence electrons. The first-order valence-electron chi connectivity index (χ1n) is 7.24. The summed E-state index contributed by atoms with van der Waals surface area (Å²) in [6.45, 7) is -0.898. The lowest BCUT2D eigenvalue weighted by atomic mass is 10.1. The van der Waals surface area contributed by atoms with Crippen molar-refractivity contribution in [3.63, 3.8) is 0 Å². The molecule has 0 spiro atoms. The predicted molar refractivity (Wildman–Crippen MR) is 85.2 cm³/mol. The first-order valence-corrected chi connectivity index (χ1v) is 10.3. The maximum atomic E-state index is 11.8. The molecule has 3 rings (SSSR count). The molecular weight excluding hydrogens is 430 g/mol. The van der Waals surface area contributed by atoms with Gasteiger partial charge in [-0.1, -0.05) is 5.21 Å². The van der Waals surface area contributed by atoms with Gasteiger partial charge in [-0.25, -0.2) is 9.13 Å². The van der Waals surface area contributed by atoms with Gasteiger partial charge in [0.15, 0.2) is 17.4 Å². The van der Waals surface area contributed by atoms with Crippen LogP contribution < -0.4 is 11.3 Å². The number of hydrogen-bond acceptors (Lipinski definition) is 12. The van der Waals surface area contributed by atoms with Gasteiger partial charge in [0.05, 0.1) is 6.61 Å². The number of nitrogens with one attached hydrogen (secondary N) is 1. The molecule has 0 radical (unpaired) electrons. The molecule has 8 N–H and O–H groups in total. The van der Waals surface area contributed by atoms with E-state index in [2.05, 4.69) is 29.1 Å². The van der Waals surface area contributed by atoms with Crippen molar-refractivity contribution in [3.8, 4) is 0 Å². The Labute approximate surface area is 153 Å². The Morgan fingerprint density at radius 1 is 1.25 bits per heavy atom. The number of phosphoric ester groups is 1. The van der Waals surface area contributed by atoms with E-state index in [4.69, 9.17) is 20.3 Å². The summed E-state index contributed by atoms with van der Waals surface area (Å²) in [5.74, 6) is -0.273. The van der Waals surface area contributed by atoms with E-state index in [1.54, 1.807) is 0 Å². The van der Waals surface area contributed by atoms with Crippen molar-refractivity contribution in [1.82, 2.24) is 25.0 Å². The Morgan fingerprint density at radius 2 is 1.93 bits per heavy atom. The third-order valence-electron chi connectivity index (χ3n) is 3.54. The summed E-state index contributed by atoms with van der Waals surface area (Å²) in [5.41, 5.74) is 4.33. The molecule has 3 heterocycles. The molecule has 0 amide bonds. The van der Waals surface area contributed by atoms with E-state index in [9.17, 15) is 29.0 Å². The fourth-order valence-corrected chi connectivity index (χ4v) is 4.02. The van der Waals surface area contributed by atoms with Crippen LogP contribution in [-0.4, -0.2) is 74.8 Å². The van der Waals surface area contributed by atoms with Gasteiger partial charge in [0.25, 0.3) is 5.56 Å². The van der Waals surface area contributed by atoms with Crippen molar-refractivity contribution in [2.45, 2.75) is 24.5 Å². The van der Waals surface area contributed by atoms with E-state index in [1.165, 1.54) is 0 Å². The van der Waals surface area contributed by atoms with Crippen molar-refractivity contribution < 1.29 is 47.6 Å². The molecule has 0 aromatic carbocycles. The fraction of sp³-hybridized carbons (Fsp3) is 0.556. The van der Waals surface area contributed by atoms with E-state index in [0.29, 0.717) is 0 Å². The predicted octanol–water partition coefficient (Wildman–Crippen LogP) is -3.06. The van der Waals surface area contributed by atoms with E-state index < -0.39 is 52.4 Å². The van der Waals surface area contributed by atoms with Gasteiger partial charge < -0.3 is 35.4 Å². The highest BCUT2D eigenvalue weighted by atomic mass is 31.3. The van der Waals surface area contributed by atoms with E-state index in [-0.39, 0.29) is 17.1 Å². The number of H-pyrrole nitrogens is 1. The quantitative estimate of drug-likeness (QED) is 0.218. The number of phosphoric acid groups is 2. The van der Waals surface area contributed by atoms with Crippen molar-refractivity contribution >= 4 is 32.8 Å². The second-order valence-electron chi connectivity index (χ2n) is 5.54. The van der Waals surface area contributed by atoms with Crippen LogP contribution in [0.15, 0.2) is 4.79 Å². The van der Waals surface area contributed by atoms with Crippen LogP contribution in [0.1, 0.15) is 6.23 Å². The molecule has 17 nitrogen and oxygen atoms in total. The highest BCUT2D eigenvalue weighted by Crippen LogP contribution is 2.57. The largest absolute Gasteiger partial charge is 0.481 e. The second kappa shape index (κ2) is 7.23. The summed E-state index contributed by atoms with van der Waals surface area (Å²) >= 11 is 0. The molecule has 1 aliphatic rings. The van der Waals surface area contributed by atoms with Gasteiger partial charge in [-0.05, 0) is 0 Å². The van der Waals surface area contributed by atoms with Crippen molar-refractivity contribution in [2.24, 2.45) is 0 Å². The van der Waals surface area contributed by atoms with Gasteiger partial charge in [-0.2, -0.15) is 14.0 Å². The van der Waals surface area contributed by atoms with E-state index in [0.717, 1.165) is 4.68 Å². The van der Waals surface area contributed by atoms with Crippen LogP contribution in [0.5, 0.6) is 0 Å². The monoisotopic (exact) mass is 444 g/mol. The molecule has 2 aromatic rings. The fourth-order valence-electron chi connectivity index (χ4n) is 2.42. The minimum atomic E-state index is -5.33. The first-order chi connectivity index (χ1) is 12.9. The SMILES string of the molecule is Nc1nc2c(nnn2C2OC(COP(=O)(O)OP(=O)(O)O)C(O)C2O)c(=O)[nH]1. The van der Waals surface area contributed by atoms with Crippen LogP contribution in [0, 0.1) is 0 Å². The molecule has 28 heavy (non-hydrogen) atoms. The lowest BCUT2D eigenvalue weighted by Crippen LogP contribution is -2.33. The van der Waals surface area contributed by atoms with Crippen molar-refractivity contribution in [1.29, 1.82) is 0 Å². The van der Waals surface area contributed by atoms with Crippen LogP contribution >= 0.6 is 15.6 Å². The number of rotatable bonds is 6. The van der Waals surface area contributed by atoms with E-state index in [1.807, 2.05) is 0 Å². The number of nitrogens with two attached hydrogens (primary N) is 1. The Hall–Kier alpha value is -1.78. The van der Waals surface area contributed by atoms with Gasteiger partial charge in [0.2, 0.25) is 5.95 Å². The average Bonchev–Trinajstić information content (AvgIpc) is 3.06. The molecule has 5 unspecified atom stereocenters. The number of hydrogen-bond donors (Lipinski definition) is 7. The molecule has 0 bridgehead atoms. The normalized spacial score (nSPS) is 27.9. The number of aliphatic hydroxyl groups excluding tert-OH is 2. The van der Waals surface area contributed by atoms with Gasteiger partial charge >= 0.3 is 15.6 Å². The van der Waals surface area contributed by atoms with Gasteiger partial charge in [-0.3, -0.25) is 14.3 Å². The summed E-state index contributed by atoms with van der Waals surface area (Å²) in [6.07, 6.45) is -6.23. The third kappa shape index (κ3) is 4.28. The lowest BCUT2D eigenvalue weighted by Gasteiger charge is -2.17. The molecule has 19 heteroatoms. The summed E-state index contributed by atoms with van der Waals surface area (Å²) in [4.78, 5) is 44.1. The minimum absolute atomic E-state index is 0.170. The molecule has 1 saturated heterocycles. The molecule has 0 aliphatic carbocycles. The smallest absolute Gasteiger partial charge is 0.387 e. The number of anilines is 1. The topological polar surface area (TPSA) is 265 Å². The summed E-state index contributed by atoms with van der Waals surface area (Å²) in [6, 6.07) is 0. The standard InChI is InChI=1S/C9H14N6O11P2/c10-9-11-6-3(7(18)12-9)13-14-15(6)8-5(17)4(16)2(25-8)1-24-28(22,23)26-27(19,20)21/h2,4-5,8,16-17H,1H2,(H,22,23)(H2,19,20,21)(H3,10,11,12,18). The number of fused-ring (bicyclic) bond motifs is 1. The molecule has 2 aromatic heterocycles. The van der Waals surface area contributed by atoms with Crippen molar-refractivity contribution in [2.75, 3.05) is 12.3 Å². The molecular formula is C9H14N6O11P2. The number of aromatic nitrogens is 5. The Bertz CT molecular complexity index is 1030. The zero-order valence-corrected chi connectivity index (χ0v) is 15.3. The zero-order valence-electron chi connectivity index (χ0n) is 13.5. The number of ether oxygens (including phenoxy) is 1. The lowest BCUT2D eigenvalue weighted by molar-refractivity contribution is -0.0566. The van der Waals surface area contributed by atoms with E-state index >= 15 is 0 Å². The maximum Gasteiger partial charge on any atom is 0.481 e. The Kier molecular flexibility index (Phi) is 5.41. The van der Waals surface area contributed by atoms with Gasteiger partial charge in [0.1, 0.15) is 18.3 Å². The Morgan fingerprint density at radius 3 is 2.57 bits per heavy atom. The number of nitrogens with zero attached hydrogens (tertiary/aromatic N) is 4. The number of aromatic amines is 1. The summed E-state index contributed by atoms with van der Waals surface area (Å²) < 4.78 is 36.2. The first kappa shape index (κ1) is 20.9. The van der Waals surface area contributed by atoms with Crippen LogP contribution in [-0.2, 0) is 22.7 Å². The van der Waals surface area contributed by atoms with Crippen molar-refractivity contribution in [3.05, 3.63) is 10.4 Å². The molecule has 1 aliphatic heterocycles. The molecule has 5 atom stereocenters. The van der Waals surface area contributed by atoms with Crippen LogP contribution in [0.25, 0.3) is 11.2 Å². The maximum absolute atomic E-state index is 11.8. The van der Waals surface area contributed by atoms with Crippen LogP contribution in [0.2, 0.25) is 0 Å². The summed E-state index contributed by atoms with van der Waals surface area (Å²) in [5, 5.41) is 27.4. The Balaban J connectivity index is 1.79. The highest BCUT2D eigenvalue weighted by molar-refractivity contribution is 7.60. The minimum Gasteiger partial charge on any atom is -0.387 e. The van der Waals surface area contributed by atoms with Gasteiger partial charge in [-0.15, -0.1) is 5.10 Å². The van der Waals surface area contributed by atoms with Crippen LogP contribution in [0.4, 0.5) is 5.95 Å². The number of aliphatic hydroxyl groups is 2.